The van der Waals surface area contributed by atoms with Crippen LogP contribution in [0.4, 0.5) is 5.69 Å². The van der Waals surface area contributed by atoms with Crippen LogP contribution in [0.1, 0.15) is 25.3 Å². The number of aromatic nitrogens is 2. The van der Waals surface area contributed by atoms with Crippen molar-refractivity contribution in [1.29, 1.82) is 0 Å². The number of halogens is 1. The molecule has 27 heavy (non-hydrogen) atoms. The highest BCUT2D eigenvalue weighted by Gasteiger charge is 2.29. The van der Waals surface area contributed by atoms with Gasteiger partial charge in [-0.25, -0.2) is 13.4 Å². The Kier molecular flexibility index (Phi) is 5.88. The van der Waals surface area contributed by atoms with Gasteiger partial charge in [-0.05, 0) is 43.4 Å². The average molecular weight is 411 g/mol. The molecule has 1 saturated heterocycles. The summed E-state index contributed by atoms with van der Waals surface area (Å²) in [6, 6.07) is 5.35. The number of carbonyl (C=O) groups excluding carboxylic acids is 1. The fourth-order valence-electron chi connectivity index (χ4n) is 2.99. The minimum absolute atomic E-state index is 0.0294. The van der Waals surface area contributed by atoms with Gasteiger partial charge in [-0.3, -0.25) is 4.79 Å². The molecule has 2 aromatic rings. The zero-order valence-corrected chi connectivity index (χ0v) is 16.9. The number of hydrogen-bond acceptors (Lipinski definition) is 4. The molecule has 2 heterocycles. The second-order valence-electron chi connectivity index (χ2n) is 7.00. The lowest BCUT2D eigenvalue weighted by Crippen LogP contribution is -2.38. The lowest BCUT2D eigenvalue weighted by Gasteiger charge is -2.28. The van der Waals surface area contributed by atoms with Crippen LogP contribution in [-0.2, 0) is 21.4 Å². The van der Waals surface area contributed by atoms with Gasteiger partial charge < -0.3 is 9.88 Å². The number of imidazole rings is 1. The zero-order chi connectivity index (χ0) is 19.6. The minimum Gasteiger partial charge on any atom is -0.327 e. The Morgan fingerprint density at radius 1 is 1.33 bits per heavy atom. The normalized spacial score (nSPS) is 16.4. The molecule has 0 radical (unpaired) electrons. The molecule has 0 spiro atoms. The van der Waals surface area contributed by atoms with Crippen molar-refractivity contribution in [2.45, 2.75) is 38.3 Å². The SMILES string of the molecule is Cc1ccc(NC(=O)Cn2cnc(S(=O)(=O)N3CCC(C)CC3)c2)c(Cl)c1. The Hall–Kier alpha value is -1.90. The average Bonchev–Trinajstić information content (AvgIpc) is 3.07. The zero-order valence-electron chi connectivity index (χ0n) is 15.4. The van der Waals surface area contributed by atoms with E-state index in [1.165, 1.54) is 21.4 Å². The summed E-state index contributed by atoms with van der Waals surface area (Å²) in [5.74, 6) is 0.222. The molecule has 3 rings (SSSR count). The smallest absolute Gasteiger partial charge is 0.262 e. The summed E-state index contributed by atoms with van der Waals surface area (Å²) < 4.78 is 28.3. The summed E-state index contributed by atoms with van der Waals surface area (Å²) in [5.41, 5.74) is 1.51. The second-order valence-corrected chi connectivity index (χ2v) is 9.29. The van der Waals surface area contributed by atoms with E-state index in [1.807, 2.05) is 13.0 Å². The third-order valence-electron chi connectivity index (χ3n) is 4.68. The van der Waals surface area contributed by atoms with E-state index >= 15 is 0 Å². The van der Waals surface area contributed by atoms with Crippen molar-refractivity contribution in [3.05, 3.63) is 41.3 Å². The number of hydrogen-bond donors (Lipinski definition) is 1. The van der Waals surface area contributed by atoms with E-state index in [9.17, 15) is 13.2 Å². The number of carbonyl (C=O) groups is 1. The summed E-state index contributed by atoms with van der Waals surface area (Å²) in [6.45, 7) is 4.99. The van der Waals surface area contributed by atoms with Crippen LogP contribution in [0.3, 0.4) is 0 Å². The van der Waals surface area contributed by atoms with E-state index in [1.54, 1.807) is 12.1 Å². The molecule has 0 atom stereocenters. The standard InChI is InChI=1S/C18H23ClN4O3S/c1-13-5-7-23(8-6-13)27(25,26)18-11-22(12-20-18)10-17(24)21-16-4-3-14(2)9-15(16)19/h3-4,9,11-13H,5-8,10H2,1-2H3,(H,21,24). The number of sulfonamides is 1. The predicted octanol–water partition coefficient (Wildman–Crippen LogP) is 2.90. The maximum atomic E-state index is 12.7. The maximum Gasteiger partial charge on any atom is 0.262 e. The molecule has 0 bridgehead atoms. The monoisotopic (exact) mass is 410 g/mol. The maximum absolute atomic E-state index is 12.7. The van der Waals surface area contributed by atoms with Gasteiger partial charge in [0.2, 0.25) is 5.91 Å². The highest BCUT2D eigenvalue weighted by molar-refractivity contribution is 7.89. The highest BCUT2D eigenvalue weighted by Crippen LogP contribution is 2.24. The van der Waals surface area contributed by atoms with Crippen molar-refractivity contribution in [1.82, 2.24) is 13.9 Å². The third kappa shape index (κ3) is 4.69. The molecule has 1 amide bonds. The summed E-state index contributed by atoms with van der Waals surface area (Å²) in [6.07, 6.45) is 4.44. The van der Waals surface area contributed by atoms with E-state index in [0.717, 1.165) is 18.4 Å². The number of nitrogens with zero attached hydrogens (tertiary/aromatic N) is 3. The van der Waals surface area contributed by atoms with Gasteiger partial charge in [0.25, 0.3) is 10.0 Å². The first-order valence-electron chi connectivity index (χ1n) is 8.83. The van der Waals surface area contributed by atoms with E-state index < -0.39 is 10.0 Å². The molecule has 0 unspecified atom stereocenters. The fourth-order valence-corrected chi connectivity index (χ4v) is 4.68. The number of rotatable bonds is 5. The molecule has 1 aliphatic rings. The molecule has 1 aliphatic heterocycles. The number of nitrogens with one attached hydrogen (secondary N) is 1. The Labute approximate surface area is 164 Å². The van der Waals surface area contributed by atoms with E-state index in [0.29, 0.717) is 29.7 Å². The van der Waals surface area contributed by atoms with Gasteiger partial charge in [-0.2, -0.15) is 4.31 Å². The van der Waals surface area contributed by atoms with Gasteiger partial charge in [0.15, 0.2) is 5.03 Å². The molecule has 1 aromatic heterocycles. The molecule has 7 nitrogen and oxygen atoms in total. The van der Waals surface area contributed by atoms with Crippen LogP contribution in [0.5, 0.6) is 0 Å². The molecule has 1 N–H and O–H groups in total. The van der Waals surface area contributed by atoms with Crippen molar-refractivity contribution >= 4 is 33.2 Å². The first kappa shape index (κ1) is 19.9. The summed E-state index contributed by atoms with van der Waals surface area (Å²) in [5, 5.41) is 3.15. The van der Waals surface area contributed by atoms with Crippen LogP contribution in [0.15, 0.2) is 35.7 Å². The van der Waals surface area contributed by atoms with Crippen LogP contribution >= 0.6 is 11.6 Å². The van der Waals surface area contributed by atoms with Gasteiger partial charge in [-0.1, -0.05) is 24.6 Å². The van der Waals surface area contributed by atoms with Crippen molar-refractivity contribution in [3.8, 4) is 0 Å². The number of benzene rings is 1. The van der Waals surface area contributed by atoms with Crippen molar-refractivity contribution < 1.29 is 13.2 Å². The third-order valence-corrected chi connectivity index (χ3v) is 6.78. The van der Waals surface area contributed by atoms with E-state index in [-0.39, 0.29) is 17.5 Å². The van der Waals surface area contributed by atoms with Crippen molar-refractivity contribution in [3.63, 3.8) is 0 Å². The number of anilines is 1. The lowest BCUT2D eigenvalue weighted by atomic mass is 10.0. The molecule has 9 heteroatoms. The number of aryl methyl sites for hydroxylation is 1. The van der Waals surface area contributed by atoms with Gasteiger partial charge in [0.1, 0.15) is 6.54 Å². The first-order chi connectivity index (χ1) is 12.8. The first-order valence-corrected chi connectivity index (χ1v) is 10.7. The topological polar surface area (TPSA) is 84.3 Å². The van der Waals surface area contributed by atoms with Crippen LogP contribution < -0.4 is 5.32 Å². The molecule has 1 fully saturated rings. The van der Waals surface area contributed by atoms with Crippen LogP contribution in [0, 0.1) is 12.8 Å². The molecule has 0 saturated carbocycles. The lowest BCUT2D eigenvalue weighted by molar-refractivity contribution is -0.116. The fraction of sp³-hybridized carbons (Fsp3) is 0.444. The van der Waals surface area contributed by atoms with E-state index in [4.69, 9.17) is 11.6 Å². The Balaban J connectivity index is 1.66. The molecule has 1 aromatic carbocycles. The molecular weight excluding hydrogens is 388 g/mol. The molecular formula is C18H23ClN4O3S. The van der Waals surface area contributed by atoms with Gasteiger partial charge in [0, 0.05) is 19.3 Å². The van der Waals surface area contributed by atoms with Crippen molar-refractivity contribution in [2.24, 2.45) is 5.92 Å². The summed E-state index contributed by atoms with van der Waals surface area (Å²) in [7, 11) is -3.62. The number of piperidine rings is 1. The number of amides is 1. The Morgan fingerprint density at radius 2 is 2.04 bits per heavy atom. The molecule has 0 aliphatic carbocycles. The predicted molar refractivity (Wildman–Crippen MR) is 104 cm³/mol. The highest BCUT2D eigenvalue weighted by atomic mass is 35.5. The Bertz CT molecular complexity index is 934. The quantitative estimate of drug-likeness (QED) is 0.821. The van der Waals surface area contributed by atoms with Crippen LogP contribution in [0.2, 0.25) is 5.02 Å². The summed E-state index contributed by atoms with van der Waals surface area (Å²) >= 11 is 6.12. The van der Waals surface area contributed by atoms with Crippen LogP contribution in [0.25, 0.3) is 0 Å². The van der Waals surface area contributed by atoms with Crippen LogP contribution in [-0.4, -0.2) is 41.3 Å². The largest absolute Gasteiger partial charge is 0.327 e. The summed E-state index contributed by atoms with van der Waals surface area (Å²) in [4.78, 5) is 16.2. The van der Waals surface area contributed by atoms with Gasteiger partial charge in [0.05, 0.1) is 17.0 Å². The van der Waals surface area contributed by atoms with Crippen molar-refractivity contribution in [2.75, 3.05) is 18.4 Å². The second kappa shape index (κ2) is 8.00. The van der Waals surface area contributed by atoms with E-state index in [2.05, 4.69) is 17.2 Å². The Morgan fingerprint density at radius 3 is 2.70 bits per heavy atom. The van der Waals surface area contributed by atoms with Gasteiger partial charge >= 0.3 is 0 Å². The van der Waals surface area contributed by atoms with Gasteiger partial charge in [-0.15, -0.1) is 0 Å². The minimum atomic E-state index is -3.62. The molecule has 146 valence electrons.